The fraction of sp³-hybridized carbons (Fsp3) is 0.883. The molecular weight excluding hydrogens is 817 g/mol. The molecule has 0 aliphatic rings. The van der Waals surface area contributed by atoms with Crippen LogP contribution >= 0.6 is 0 Å². The third-order valence-corrected chi connectivity index (χ3v) is 13.2. The molecule has 0 spiro atoms. The Morgan fingerprint density at radius 3 is 0.758 bits per heavy atom. The molecule has 0 N–H and O–H groups in total. The van der Waals surface area contributed by atoms with Crippen LogP contribution in [0.1, 0.15) is 323 Å². The van der Waals surface area contributed by atoms with Crippen molar-refractivity contribution in [2.45, 2.75) is 329 Å². The summed E-state index contributed by atoms with van der Waals surface area (Å²) in [4.78, 5) is 38.1. The number of rotatable bonds is 54. The summed E-state index contributed by atoms with van der Waals surface area (Å²) in [6, 6.07) is 0. The topological polar surface area (TPSA) is 78.9 Å². The average Bonchev–Trinajstić information content (AvgIpc) is 3.31. The SMILES string of the molecule is CCCCCCCC/C=C\CCCCCCCCCCCCCC(=O)OC[C@H](COC(=O)CCCCCCCCCCCCCC)OC(=O)CCCCCCC/C=C\CCCCCCCC. The minimum Gasteiger partial charge on any atom is -0.462 e. The summed E-state index contributed by atoms with van der Waals surface area (Å²) in [5, 5.41) is 0. The third kappa shape index (κ3) is 52.9. The molecular formula is C60H112O6. The molecule has 0 aromatic rings. The molecule has 6 heteroatoms. The summed E-state index contributed by atoms with van der Waals surface area (Å²) in [6.45, 7) is 6.66. The lowest BCUT2D eigenvalue weighted by atomic mass is 10.0. The number of ether oxygens (including phenoxy) is 3. The maximum absolute atomic E-state index is 12.8. The zero-order valence-corrected chi connectivity index (χ0v) is 44.5. The minimum absolute atomic E-state index is 0.0703. The predicted molar refractivity (Wildman–Crippen MR) is 284 cm³/mol. The van der Waals surface area contributed by atoms with E-state index in [0.717, 1.165) is 64.2 Å². The molecule has 0 unspecified atom stereocenters. The normalized spacial score (nSPS) is 12.1. The van der Waals surface area contributed by atoms with E-state index in [4.69, 9.17) is 14.2 Å². The fourth-order valence-electron chi connectivity index (χ4n) is 8.73. The molecule has 6 nitrogen and oxygen atoms in total. The van der Waals surface area contributed by atoms with Crippen LogP contribution < -0.4 is 0 Å². The van der Waals surface area contributed by atoms with E-state index in [1.807, 2.05) is 0 Å². The lowest BCUT2D eigenvalue weighted by Gasteiger charge is -2.18. The van der Waals surface area contributed by atoms with Gasteiger partial charge in [-0.3, -0.25) is 14.4 Å². The molecule has 0 saturated carbocycles. The van der Waals surface area contributed by atoms with Gasteiger partial charge in [0.15, 0.2) is 6.10 Å². The van der Waals surface area contributed by atoms with E-state index < -0.39 is 6.10 Å². The lowest BCUT2D eigenvalue weighted by molar-refractivity contribution is -0.167. The molecule has 0 fully saturated rings. The number of carbonyl (C=O) groups is 3. The van der Waals surface area contributed by atoms with E-state index in [2.05, 4.69) is 45.1 Å². The standard InChI is InChI=1S/C60H112O6/c1-4-7-10-13-16-19-22-25-27-28-29-30-31-32-34-35-38-41-44-47-50-53-59(62)65-56-57(55-64-58(61)52-49-46-43-40-37-24-21-18-15-12-9-6-3)66-60(63)54-51-48-45-42-39-36-33-26-23-20-17-14-11-8-5-2/h25-27,33,57H,4-24,28-32,34-56H2,1-3H3/b27-25-,33-26-/t57-/m0/s1. The molecule has 0 saturated heterocycles. The van der Waals surface area contributed by atoms with Crippen molar-refractivity contribution >= 4 is 17.9 Å². The fourth-order valence-corrected chi connectivity index (χ4v) is 8.73. The monoisotopic (exact) mass is 929 g/mol. The highest BCUT2D eigenvalue weighted by Crippen LogP contribution is 2.16. The van der Waals surface area contributed by atoms with E-state index in [-0.39, 0.29) is 31.1 Å². The first-order valence-electron chi connectivity index (χ1n) is 29.3. The summed E-state index contributed by atoms with van der Waals surface area (Å²) in [5.74, 6) is -0.860. The highest BCUT2D eigenvalue weighted by molar-refractivity contribution is 5.71. The largest absolute Gasteiger partial charge is 0.462 e. The van der Waals surface area contributed by atoms with Gasteiger partial charge in [-0.05, 0) is 70.6 Å². The van der Waals surface area contributed by atoms with Crippen LogP contribution in [0.15, 0.2) is 24.3 Å². The van der Waals surface area contributed by atoms with Gasteiger partial charge in [0, 0.05) is 19.3 Å². The zero-order chi connectivity index (χ0) is 47.9. The van der Waals surface area contributed by atoms with Gasteiger partial charge in [-0.2, -0.15) is 0 Å². The van der Waals surface area contributed by atoms with Crippen LogP contribution in [-0.4, -0.2) is 37.2 Å². The van der Waals surface area contributed by atoms with E-state index >= 15 is 0 Å². The summed E-state index contributed by atoms with van der Waals surface area (Å²) in [7, 11) is 0. The quantitative estimate of drug-likeness (QED) is 0.0262. The van der Waals surface area contributed by atoms with Gasteiger partial charge in [0.25, 0.3) is 0 Å². The van der Waals surface area contributed by atoms with E-state index in [1.54, 1.807) is 0 Å². The highest BCUT2D eigenvalue weighted by Gasteiger charge is 2.19. The van der Waals surface area contributed by atoms with Crippen molar-refractivity contribution < 1.29 is 28.6 Å². The molecule has 0 amide bonds. The Morgan fingerprint density at radius 1 is 0.288 bits per heavy atom. The Kier molecular flexibility index (Phi) is 53.7. The molecule has 0 aromatic carbocycles. The van der Waals surface area contributed by atoms with Crippen molar-refractivity contribution in [2.75, 3.05) is 13.2 Å². The van der Waals surface area contributed by atoms with Crippen LogP contribution in [0.4, 0.5) is 0 Å². The van der Waals surface area contributed by atoms with Crippen LogP contribution in [-0.2, 0) is 28.6 Å². The van der Waals surface area contributed by atoms with Crippen molar-refractivity contribution in [3.05, 3.63) is 24.3 Å². The van der Waals surface area contributed by atoms with E-state index in [1.165, 1.54) is 218 Å². The Morgan fingerprint density at radius 2 is 0.500 bits per heavy atom. The molecule has 0 radical (unpaired) electrons. The number of esters is 3. The van der Waals surface area contributed by atoms with Gasteiger partial charge >= 0.3 is 17.9 Å². The number of unbranched alkanes of at least 4 members (excludes halogenated alkanes) is 39. The second kappa shape index (κ2) is 55.5. The molecule has 1 atom stereocenters. The van der Waals surface area contributed by atoms with Crippen LogP contribution in [0.25, 0.3) is 0 Å². The van der Waals surface area contributed by atoms with E-state index in [0.29, 0.717) is 19.3 Å². The highest BCUT2D eigenvalue weighted by atomic mass is 16.6. The van der Waals surface area contributed by atoms with Crippen molar-refractivity contribution in [1.82, 2.24) is 0 Å². The Balaban J connectivity index is 4.28. The van der Waals surface area contributed by atoms with Crippen molar-refractivity contribution in [3.63, 3.8) is 0 Å². The van der Waals surface area contributed by atoms with Gasteiger partial charge in [-0.25, -0.2) is 0 Å². The van der Waals surface area contributed by atoms with Crippen LogP contribution in [0.5, 0.6) is 0 Å². The molecule has 0 heterocycles. The second-order valence-corrected chi connectivity index (χ2v) is 19.9. The number of carbonyl (C=O) groups excluding carboxylic acids is 3. The first-order chi connectivity index (χ1) is 32.5. The first kappa shape index (κ1) is 63.9. The van der Waals surface area contributed by atoms with Crippen LogP contribution in [0.3, 0.4) is 0 Å². The molecule has 0 aromatic heterocycles. The smallest absolute Gasteiger partial charge is 0.306 e. The predicted octanol–water partition coefficient (Wildman–Crippen LogP) is 19.5. The maximum atomic E-state index is 12.8. The van der Waals surface area contributed by atoms with Crippen molar-refractivity contribution in [2.24, 2.45) is 0 Å². The third-order valence-electron chi connectivity index (χ3n) is 13.2. The Labute approximate surface area is 411 Å². The van der Waals surface area contributed by atoms with Gasteiger partial charge in [0.1, 0.15) is 13.2 Å². The molecule has 0 aliphatic heterocycles. The summed E-state index contributed by atoms with van der Waals surface area (Å²) >= 11 is 0. The number of allylic oxidation sites excluding steroid dienone is 4. The molecule has 0 aliphatic carbocycles. The first-order valence-corrected chi connectivity index (χ1v) is 29.3. The van der Waals surface area contributed by atoms with Gasteiger partial charge in [0.2, 0.25) is 0 Å². The molecule has 0 bridgehead atoms. The van der Waals surface area contributed by atoms with Crippen molar-refractivity contribution in [3.8, 4) is 0 Å². The second-order valence-electron chi connectivity index (χ2n) is 19.9. The van der Waals surface area contributed by atoms with Gasteiger partial charge in [-0.15, -0.1) is 0 Å². The Hall–Kier alpha value is -2.11. The molecule has 388 valence electrons. The lowest BCUT2D eigenvalue weighted by Crippen LogP contribution is -2.30. The maximum Gasteiger partial charge on any atom is 0.306 e. The van der Waals surface area contributed by atoms with Gasteiger partial charge in [-0.1, -0.05) is 257 Å². The molecule has 66 heavy (non-hydrogen) atoms. The van der Waals surface area contributed by atoms with Gasteiger partial charge < -0.3 is 14.2 Å². The van der Waals surface area contributed by atoms with Crippen LogP contribution in [0, 0.1) is 0 Å². The van der Waals surface area contributed by atoms with Gasteiger partial charge in [0.05, 0.1) is 0 Å². The number of hydrogen-bond acceptors (Lipinski definition) is 6. The summed E-state index contributed by atoms with van der Waals surface area (Å²) < 4.78 is 16.9. The van der Waals surface area contributed by atoms with Crippen LogP contribution in [0.2, 0.25) is 0 Å². The zero-order valence-electron chi connectivity index (χ0n) is 44.5. The summed E-state index contributed by atoms with van der Waals surface area (Å²) in [6.07, 6.45) is 64.6. The number of hydrogen-bond donors (Lipinski definition) is 0. The van der Waals surface area contributed by atoms with Crippen molar-refractivity contribution in [1.29, 1.82) is 0 Å². The minimum atomic E-state index is -0.771. The Bertz CT molecular complexity index is 1070. The average molecular weight is 930 g/mol. The van der Waals surface area contributed by atoms with E-state index in [9.17, 15) is 14.4 Å². The molecule has 0 rings (SSSR count). The summed E-state index contributed by atoms with van der Waals surface area (Å²) in [5.41, 5.74) is 0.